The molecule has 5 rings (SSSR count). The first-order valence-corrected chi connectivity index (χ1v) is 17.6. The molecule has 1 saturated carbocycles. The van der Waals surface area contributed by atoms with Crippen LogP contribution in [0.2, 0.25) is 5.02 Å². The monoisotopic (exact) mass is 646 g/mol. The number of carboxylic acids is 1. The molecule has 44 heavy (non-hydrogen) atoms. The number of anilines is 1. The van der Waals surface area contributed by atoms with Crippen molar-refractivity contribution in [3.8, 4) is 5.75 Å². The topological polar surface area (TPSA) is 133 Å². The van der Waals surface area contributed by atoms with E-state index in [1.54, 1.807) is 32.0 Å². The third-order valence-corrected chi connectivity index (χ3v) is 12.2. The van der Waals surface area contributed by atoms with Crippen LogP contribution in [0.1, 0.15) is 86.7 Å². The van der Waals surface area contributed by atoms with Gasteiger partial charge in [0.2, 0.25) is 10.0 Å². The number of aliphatic hydroxyl groups is 1. The van der Waals surface area contributed by atoms with E-state index in [2.05, 4.69) is 9.62 Å². The maximum Gasteiger partial charge on any atom is 0.306 e. The molecule has 0 unspecified atom stereocenters. The number of benzene rings is 2. The fourth-order valence-corrected chi connectivity index (χ4v) is 8.58. The molecule has 0 saturated heterocycles. The van der Waals surface area contributed by atoms with Gasteiger partial charge in [0, 0.05) is 23.7 Å². The molecule has 1 amide bonds. The Bertz CT molecular complexity index is 1500. The lowest BCUT2D eigenvalue weighted by molar-refractivity contribution is -0.151. The van der Waals surface area contributed by atoms with Gasteiger partial charge in [0.1, 0.15) is 12.4 Å². The number of fused-ring (bicyclic) bond motifs is 3. The number of nitrogens with zero attached hydrogens (tertiary/aromatic N) is 1. The molecule has 1 aliphatic carbocycles. The summed E-state index contributed by atoms with van der Waals surface area (Å²) in [5.74, 6) is -1.64. The van der Waals surface area contributed by atoms with E-state index in [9.17, 15) is 28.2 Å². The molecule has 2 aliphatic heterocycles. The minimum Gasteiger partial charge on any atom is -0.487 e. The Morgan fingerprint density at radius 3 is 2.61 bits per heavy atom. The van der Waals surface area contributed by atoms with Gasteiger partial charge in [-0.1, -0.05) is 31.0 Å². The molecule has 1 fully saturated rings. The van der Waals surface area contributed by atoms with Gasteiger partial charge in [-0.2, -0.15) is 0 Å². The minimum atomic E-state index is -4.00. The second-order valence-corrected chi connectivity index (χ2v) is 15.4. The zero-order valence-electron chi connectivity index (χ0n) is 25.4. The van der Waals surface area contributed by atoms with Crippen molar-refractivity contribution in [2.24, 2.45) is 17.8 Å². The molecule has 240 valence electrons. The smallest absolute Gasteiger partial charge is 0.306 e. The Morgan fingerprint density at radius 2 is 1.89 bits per heavy atom. The number of halogens is 1. The summed E-state index contributed by atoms with van der Waals surface area (Å²) in [5.41, 5.74) is 1.65. The van der Waals surface area contributed by atoms with Crippen LogP contribution in [-0.2, 0) is 27.8 Å². The minimum absolute atomic E-state index is 0.0513. The summed E-state index contributed by atoms with van der Waals surface area (Å²) in [4.78, 5) is 27.4. The fraction of sp³-hybridized carbons (Fsp3) is 0.576. The molecular formula is C33H43ClN2O7S. The number of ether oxygens (including phenoxy) is 1. The Kier molecular flexibility index (Phi) is 9.82. The van der Waals surface area contributed by atoms with Crippen LogP contribution in [0.25, 0.3) is 0 Å². The summed E-state index contributed by atoms with van der Waals surface area (Å²) in [7, 11) is -4.00. The Hall–Kier alpha value is -2.82. The molecule has 3 N–H and O–H groups in total. The van der Waals surface area contributed by atoms with Gasteiger partial charge < -0.3 is 19.8 Å². The van der Waals surface area contributed by atoms with Crippen molar-refractivity contribution in [1.29, 1.82) is 0 Å². The molecule has 2 heterocycles. The number of carboxylic acid groups (broad SMARTS) is 1. The largest absolute Gasteiger partial charge is 0.487 e. The lowest BCUT2D eigenvalue weighted by atomic mass is 9.62. The zero-order chi connectivity index (χ0) is 31.6. The van der Waals surface area contributed by atoms with Crippen LogP contribution >= 0.6 is 11.6 Å². The second-order valence-electron chi connectivity index (χ2n) is 13.0. The highest BCUT2D eigenvalue weighted by Gasteiger charge is 2.48. The molecule has 9 nitrogen and oxygen atoms in total. The number of rotatable bonds is 2. The quantitative estimate of drug-likeness (QED) is 0.386. The predicted octanol–water partition coefficient (Wildman–Crippen LogP) is 5.56. The summed E-state index contributed by atoms with van der Waals surface area (Å²) < 4.78 is 35.1. The van der Waals surface area contributed by atoms with Gasteiger partial charge in [-0.3, -0.25) is 9.59 Å². The van der Waals surface area contributed by atoms with Gasteiger partial charge in [-0.25, -0.2) is 13.1 Å². The average molecular weight is 647 g/mol. The normalized spacial score (nSPS) is 29.5. The predicted molar refractivity (Wildman–Crippen MR) is 170 cm³/mol. The molecule has 5 atom stereocenters. The maximum atomic E-state index is 13.4. The molecule has 0 radical (unpaired) electrons. The van der Waals surface area contributed by atoms with Crippen LogP contribution in [0.3, 0.4) is 0 Å². The first-order chi connectivity index (χ1) is 20.9. The van der Waals surface area contributed by atoms with Crippen molar-refractivity contribution in [1.82, 2.24) is 4.72 Å². The SMILES string of the molecule is C[C@@H]1[C@@H](C)CCC[C@](O)(CC(=O)O)[C@@H]2CC[C@H]2CN2CCCCc3cc(Cl)ccc3COc3ccc(cc32)C(=O)NS1(=O)=O. The van der Waals surface area contributed by atoms with E-state index in [0.29, 0.717) is 49.0 Å². The Morgan fingerprint density at radius 1 is 1.09 bits per heavy atom. The van der Waals surface area contributed by atoms with Gasteiger partial charge >= 0.3 is 5.97 Å². The van der Waals surface area contributed by atoms with Gasteiger partial charge in [0.15, 0.2) is 0 Å². The number of amides is 1. The van der Waals surface area contributed by atoms with Gasteiger partial charge in [-0.15, -0.1) is 0 Å². The molecule has 3 aliphatic rings. The third-order valence-electron chi connectivity index (χ3n) is 10.1. The molecule has 2 aromatic rings. The molecule has 0 spiro atoms. The van der Waals surface area contributed by atoms with Crippen LogP contribution in [0.15, 0.2) is 36.4 Å². The van der Waals surface area contributed by atoms with Crippen LogP contribution in [-0.4, -0.2) is 54.4 Å². The van der Waals surface area contributed by atoms with Crippen LogP contribution < -0.4 is 14.4 Å². The summed E-state index contributed by atoms with van der Waals surface area (Å²) >= 11 is 6.30. The van der Waals surface area contributed by atoms with Crippen molar-refractivity contribution < 1.29 is 33.0 Å². The van der Waals surface area contributed by atoms with E-state index in [-0.39, 0.29) is 36.2 Å². The molecule has 11 heteroatoms. The van der Waals surface area contributed by atoms with Crippen molar-refractivity contribution in [3.63, 3.8) is 0 Å². The molecule has 2 aromatic carbocycles. The summed E-state index contributed by atoms with van der Waals surface area (Å²) in [5, 5.41) is 21.4. The van der Waals surface area contributed by atoms with E-state index < -0.39 is 32.8 Å². The summed E-state index contributed by atoms with van der Waals surface area (Å²) in [6.07, 6.45) is 5.02. The molecule has 0 aromatic heterocycles. The van der Waals surface area contributed by atoms with Crippen LogP contribution in [0.5, 0.6) is 5.75 Å². The summed E-state index contributed by atoms with van der Waals surface area (Å²) in [6.45, 7) is 4.88. The van der Waals surface area contributed by atoms with Crippen molar-refractivity contribution in [3.05, 3.63) is 58.1 Å². The second kappa shape index (κ2) is 13.3. The number of carbonyl (C=O) groups excluding carboxylic acids is 1. The lowest BCUT2D eigenvalue weighted by Gasteiger charge is -2.49. The van der Waals surface area contributed by atoms with E-state index in [4.69, 9.17) is 16.3 Å². The van der Waals surface area contributed by atoms with Crippen molar-refractivity contribution in [2.75, 3.05) is 18.0 Å². The number of sulfonamides is 1. The number of nitrogens with one attached hydrogen (secondary N) is 1. The number of aryl methyl sites for hydroxylation is 1. The standard InChI is InChI=1S/C33H43ClN2O7S/c1-21-6-5-14-33(40,18-31(37)38)28-12-9-25(28)19-36-15-4-3-7-23-16-27(34)11-8-26(23)20-43-30-13-10-24(17-29(30)36)32(39)35-44(41,42)22(21)2/h8,10-11,13,16-17,21-22,25,28,40H,3-7,9,12,14-15,18-20H2,1-2H3,(H,35,39)(H,37,38)/t21-,22+,25-,28+,33-/m0/s1. The number of hydrogen-bond acceptors (Lipinski definition) is 7. The number of aliphatic carboxylic acids is 1. The van der Waals surface area contributed by atoms with Gasteiger partial charge in [0.25, 0.3) is 5.91 Å². The maximum absolute atomic E-state index is 13.4. The van der Waals surface area contributed by atoms with E-state index >= 15 is 0 Å². The highest BCUT2D eigenvalue weighted by atomic mass is 35.5. The van der Waals surface area contributed by atoms with Gasteiger partial charge in [-0.05, 0) is 111 Å². The molecular weight excluding hydrogens is 604 g/mol. The van der Waals surface area contributed by atoms with Crippen molar-refractivity contribution in [2.45, 2.75) is 89.1 Å². The first-order valence-electron chi connectivity index (χ1n) is 15.7. The highest BCUT2D eigenvalue weighted by molar-refractivity contribution is 7.90. The Balaban J connectivity index is 1.56. The summed E-state index contributed by atoms with van der Waals surface area (Å²) in [6, 6.07) is 10.8. The van der Waals surface area contributed by atoms with E-state index in [0.717, 1.165) is 43.2 Å². The van der Waals surface area contributed by atoms with E-state index in [1.165, 1.54) is 0 Å². The number of hydrogen-bond donors (Lipinski definition) is 3. The number of carbonyl (C=O) groups is 2. The highest BCUT2D eigenvalue weighted by Crippen LogP contribution is 2.47. The third kappa shape index (κ3) is 7.18. The lowest BCUT2D eigenvalue weighted by Crippen LogP contribution is -2.52. The van der Waals surface area contributed by atoms with Crippen LogP contribution in [0.4, 0.5) is 5.69 Å². The zero-order valence-corrected chi connectivity index (χ0v) is 27.0. The van der Waals surface area contributed by atoms with E-state index in [1.807, 2.05) is 18.2 Å². The average Bonchev–Trinajstić information content (AvgIpc) is 2.96. The Labute approximate surface area is 265 Å². The van der Waals surface area contributed by atoms with Crippen LogP contribution in [0, 0.1) is 17.8 Å². The van der Waals surface area contributed by atoms with Gasteiger partial charge in [0.05, 0.1) is 23.0 Å². The van der Waals surface area contributed by atoms with Crippen molar-refractivity contribution >= 4 is 39.2 Å². The molecule has 2 bridgehead atoms. The fourth-order valence-electron chi connectivity index (χ4n) is 7.08. The first kappa shape index (κ1) is 32.6.